The maximum absolute atomic E-state index is 13.1. The third kappa shape index (κ3) is 2.78. The Hall–Kier alpha value is -2.40. The summed E-state index contributed by atoms with van der Waals surface area (Å²) in [5, 5.41) is 11.2. The molecule has 130 valence electrons. The molecule has 2 aromatic rings. The summed E-state index contributed by atoms with van der Waals surface area (Å²) in [6.45, 7) is 0. The molecule has 2 aliphatic heterocycles. The fourth-order valence-corrected chi connectivity index (χ4v) is 4.34. The van der Waals surface area contributed by atoms with Gasteiger partial charge in [-0.05, 0) is 37.1 Å². The van der Waals surface area contributed by atoms with Gasteiger partial charge in [-0.15, -0.1) is 0 Å². The van der Waals surface area contributed by atoms with Crippen molar-refractivity contribution in [1.82, 2.24) is 9.88 Å². The molecule has 0 saturated carbocycles. The Bertz CT molecular complexity index is 764. The van der Waals surface area contributed by atoms with Crippen LogP contribution in [0.25, 0.3) is 0 Å². The van der Waals surface area contributed by atoms with Crippen molar-refractivity contribution in [3.05, 3.63) is 59.9 Å². The molecule has 2 bridgehead atoms. The molecule has 5 nitrogen and oxygen atoms in total. The number of hydrogen-bond donors (Lipinski definition) is 1. The van der Waals surface area contributed by atoms with Crippen molar-refractivity contribution in [2.45, 2.75) is 43.4 Å². The van der Waals surface area contributed by atoms with Gasteiger partial charge in [0.15, 0.2) is 0 Å². The zero-order valence-electron chi connectivity index (χ0n) is 14.3. The molecule has 1 aromatic heterocycles. The van der Waals surface area contributed by atoms with E-state index in [-0.39, 0.29) is 18.0 Å². The van der Waals surface area contributed by atoms with Gasteiger partial charge in [-0.2, -0.15) is 0 Å². The number of aliphatic hydroxyl groups is 1. The van der Waals surface area contributed by atoms with Crippen LogP contribution >= 0.6 is 0 Å². The lowest BCUT2D eigenvalue weighted by Gasteiger charge is -2.44. The summed E-state index contributed by atoms with van der Waals surface area (Å²) in [5.74, 6) is 0.710. The van der Waals surface area contributed by atoms with Crippen molar-refractivity contribution < 1.29 is 14.6 Å². The zero-order valence-corrected chi connectivity index (χ0v) is 14.3. The van der Waals surface area contributed by atoms with Crippen molar-refractivity contribution >= 4 is 5.91 Å². The van der Waals surface area contributed by atoms with E-state index in [1.54, 1.807) is 25.6 Å². The van der Waals surface area contributed by atoms with Crippen molar-refractivity contribution in [3.8, 4) is 5.75 Å². The number of ether oxygens (including phenoxy) is 1. The first-order valence-corrected chi connectivity index (χ1v) is 8.70. The van der Waals surface area contributed by atoms with Crippen LogP contribution in [0.15, 0.2) is 48.8 Å². The molecule has 5 heteroatoms. The highest BCUT2D eigenvalue weighted by Crippen LogP contribution is 2.46. The Balaban J connectivity index is 1.59. The van der Waals surface area contributed by atoms with Crippen LogP contribution in [0, 0.1) is 0 Å². The van der Waals surface area contributed by atoms with Crippen LogP contribution < -0.4 is 4.74 Å². The maximum atomic E-state index is 13.1. The molecule has 2 atom stereocenters. The summed E-state index contributed by atoms with van der Waals surface area (Å²) in [6, 6.07) is 11.2. The van der Waals surface area contributed by atoms with Crippen LogP contribution in [0.2, 0.25) is 0 Å². The first kappa shape index (κ1) is 16.1. The summed E-state index contributed by atoms with van der Waals surface area (Å²) < 4.78 is 5.23. The lowest BCUT2D eigenvalue weighted by Crippen LogP contribution is -2.52. The van der Waals surface area contributed by atoms with Gasteiger partial charge in [0.1, 0.15) is 5.75 Å². The molecule has 0 aliphatic carbocycles. The summed E-state index contributed by atoms with van der Waals surface area (Å²) in [6.07, 6.45) is 6.43. The predicted molar refractivity (Wildman–Crippen MR) is 93.3 cm³/mol. The number of hydrogen-bond acceptors (Lipinski definition) is 4. The van der Waals surface area contributed by atoms with E-state index in [1.807, 2.05) is 35.2 Å². The molecule has 25 heavy (non-hydrogen) atoms. The molecule has 0 spiro atoms. The Morgan fingerprint density at radius 2 is 2.00 bits per heavy atom. The van der Waals surface area contributed by atoms with Gasteiger partial charge in [-0.1, -0.05) is 12.1 Å². The van der Waals surface area contributed by atoms with E-state index in [9.17, 15) is 9.90 Å². The fraction of sp³-hybridized carbons (Fsp3) is 0.400. The van der Waals surface area contributed by atoms with Crippen molar-refractivity contribution in [1.29, 1.82) is 0 Å². The number of benzene rings is 1. The van der Waals surface area contributed by atoms with E-state index >= 15 is 0 Å². The highest BCUT2D eigenvalue weighted by molar-refractivity contribution is 5.95. The van der Waals surface area contributed by atoms with Gasteiger partial charge in [0.05, 0.1) is 12.7 Å². The van der Waals surface area contributed by atoms with Gasteiger partial charge >= 0.3 is 0 Å². The number of rotatable bonds is 3. The molecule has 2 fully saturated rings. The summed E-state index contributed by atoms with van der Waals surface area (Å²) in [7, 11) is 1.60. The number of carbonyl (C=O) groups excluding carboxylic acids is 1. The van der Waals surface area contributed by atoms with E-state index < -0.39 is 5.60 Å². The highest BCUT2D eigenvalue weighted by Gasteiger charge is 2.50. The normalized spacial score (nSPS) is 28.0. The molecular formula is C20H22N2O3. The lowest BCUT2D eigenvalue weighted by molar-refractivity contribution is -0.0481. The summed E-state index contributed by atoms with van der Waals surface area (Å²) >= 11 is 0. The molecule has 3 heterocycles. The van der Waals surface area contributed by atoms with Crippen LogP contribution in [0.1, 0.15) is 41.6 Å². The SMILES string of the molecule is COc1cccc(C(=O)N2C3CCC2CC(O)(c2cccnc2)C3)c1. The van der Waals surface area contributed by atoms with Gasteiger partial charge < -0.3 is 14.7 Å². The number of carbonyl (C=O) groups is 1. The maximum Gasteiger partial charge on any atom is 0.254 e. The first-order valence-electron chi connectivity index (χ1n) is 8.70. The number of fused-ring (bicyclic) bond motifs is 2. The Kier molecular flexibility index (Phi) is 3.96. The fourth-order valence-electron chi connectivity index (χ4n) is 4.34. The zero-order chi connectivity index (χ0) is 17.4. The van der Waals surface area contributed by atoms with E-state index in [0.29, 0.717) is 24.2 Å². The second-order valence-electron chi connectivity index (χ2n) is 7.01. The minimum atomic E-state index is -0.898. The molecule has 0 radical (unpaired) electrons. The van der Waals surface area contributed by atoms with E-state index in [0.717, 1.165) is 18.4 Å². The lowest BCUT2D eigenvalue weighted by atomic mass is 9.81. The molecule has 2 aliphatic rings. The molecule has 2 saturated heterocycles. The topological polar surface area (TPSA) is 62.7 Å². The van der Waals surface area contributed by atoms with E-state index in [2.05, 4.69) is 4.98 Å². The highest BCUT2D eigenvalue weighted by atomic mass is 16.5. The number of amides is 1. The van der Waals surface area contributed by atoms with E-state index in [4.69, 9.17) is 4.74 Å². The minimum absolute atomic E-state index is 0.0274. The predicted octanol–water partition coefficient (Wildman–Crippen LogP) is 2.75. The summed E-state index contributed by atoms with van der Waals surface area (Å²) in [5.41, 5.74) is 0.592. The largest absolute Gasteiger partial charge is 0.497 e. The Labute approximate surface area is 147 Å². The van der Waals surface area contributed by atoms with Crippen LogP contribution in [-0.2, 0) is 5.60 Å². The van der Waals surface area contributed by atoms with Crippen LogP contribution in [0.3, 0.4) is 0 Å². The van der Waals surface area contributed by atoms with Gasteiger partial charge in [-0.3, -0.25) is 9.78 Å². The van der Waals surface area contributed by atoms with Gasteiger partial charge in [0.2, 0.25) is 0 Å². The number of piperidine rings is 1. The van der Waals surface area contributed by atoms with Crippen LogP contribution in [0.5, 0.6) is 5.75 Å². The Morgan fingerprint density at radius 1 is 1.24 bits per heavy atom. The molecular weight excluding hydrogens is 316 g/mol. The summed E-state index contributed by atoms with van der Waals surface area (Å²) in [4.78, 5) is 19.2. The number of aromatic nitrogens is 1. The van der Waals surface area contributed by atoms with Crippen LogP contribution in [0.4, 0.5) is 0 Å². The molecule has 1 amide bonds. The molecule has 1 N–H and O–H groups in total. The average molecular weight is 338 g/mol. The molecule has 2 unspecified atom stereocenters. The molecule has 4 rings (SSSR count). The average Bonchev–Trinajstić information content (AvgIpc) is 2.94. The third-order valence-electron chi connectivity index (χ3n) is 5.52. The number of methoxy groups -OCH3 is 1. The quantitative estimate of drug-likeness (QED) is 0.935. The smallest absolute Gasteiger partial charge is 0.254 e. The van der Waals surface area contributed by atoms with Crippen molar-refractivity contribution in [3.63, 3.8) is 0 Å². The minimum Gasteiger partial charge on any atom is -0.497 e. The number of nitrogens with zero attached hydrogens (tertiary/aromatic N) is 2. The Morgan fingerprint density at radius 3 is 2.64 bits per heavy atom. The first-order chi connectivity index (χ1) is 12.1. The third-order valence-corrected chi connectivity index (χ3v) is 5.52. The van der Waals surface area contributed by atoms with Gasteiger partial charge in [0, 0.05) is 48.4 Å². The standard InChI is InChI=1S/C20H22N2O3/c1-25-18-6-2-4-14(10-18)19(23)22-16-7-8-17(22)12-20(24,11-16)15-5-3-9-21-13-15/h2-6,9-10,13,16-17,24H,7-8,11-12H2,1H3. The van der Waals surface area contributed by atoms with Crippen LogP contribution in [-0.4, -0.2) is 40.1 Å². The molecule has 1 aromatic carbocycles. The monoisotopic (exact) mass is 338 g/mol. The van der Waals surface area contributed by atoms with Crippen molar-refractivity contribution in [2.24, 2.45) is 0 Å². The van der Waals surface area contributed by atoms with E-state index in [1.165, 1.54) is 0 Å². The van der Waals surface area contributed by atoms with Gasteiger partial charge in [0.25, 0.3) is 5.91 Å². The van der Waals surface area contributed by atoms with Gasteiger partial charge in [-0.25, -0.2) is 0 Å². The second kappa shape index (κ2) is 6.15. The number of pyridine rings is 1. The van der Waals surface area contributed by atoms with Crippen molar-refractivity contribution in [2.75, 3.05) is 7.11 Å². The second-order valence-corrected chi connectivity index (χ2v) is 7.01.